The van der Waals surface area contributed by atoms with Gasteiger partial charge in [-0.15, -0.1) is 0 Å². The van der Waals surface area contributed by atoms with Crippen molar-refractivity contribution in [1.29, 1.82) is 5.26 Å². The highest BCUT2D eigenvalue weighted by Gasteiger charge is 2.21. The van der Waals surface area contributed by atoms with Crippen LogP contribution in [0.15, 0.2) is 30.6 Å². The van der Waals surface area contributed by atoms with Gasteiger partial charge in [0, 0.05) is 12.1 Å². The minimum absolute atomic E-state index is 0.110. The van der Waals surface area contributed by atoms with Crippen LogP contribution >= 0.6 is 11.6 Å². The molecule has 2 aromatic rings. The van der Waals surface area contributed by atoms with Gasteiger partial charge in [-0.25, -0.2) is 19.7 Å². The molecule has 9 nitrogen and oxygen atoms in total. The highest BCUT2D eigenvalue weighted by Crippen LogP contribution is 2.35. The molecule has 0 saturated heterocycles. The van der Waals surface area contributed by atoms with Crippen LogP contribution in [-0.4, -0.2) is 49.5 Å². The highest BCUT2D eigenvalue weighted by atomic mass is 35.5. The number of rotatable bonds is 9. The zero-order chi connectivity index (χ0) is 19.6. The van der Waals surface area contributed by atoms with Crippen molar-refractivity contribution in [1.82, 2.24) is 9.97 Å². The van der Waals surface area contributed by atoms with E-state index in [0.29, 0.717) is 36.3 Å². The monoisotopic (exact) mass is 391 g/mol. The number of urea groups is 1. The molecule has 0 unspecified atom stereocenters. The van der Waals surface area contributed by atoms with Crippen molar-refractivity contribution in [2.75, 3.05) is 38.4 Å². The van der Waals surface area contributed by atoms with Crippen molar-refractivity contribution in [2.24, 2.45) is 5.73 Å². The molecule has 1 aromatic heterocycles. The number of anilines is 2. The number of nitrogens with two attached hydrogens (primary N) is 1. The number of nitriles is 1. The van der Waals surface area contributed by atoms with Gasteiger partial charge in [0.25, 0.3) is 0 Å². The Bertz CT molecular complexity index is 810. The fourth-order valence-electron chi connectivity index (χ4n) is 2.09. The lowest BCUT2D eigenvalue weighted by molar-refractivity contribution is 0.0545. The van der Waals surface area contributed by atoms with Crippen LogP contribution < -0.4 is 15.4 Å². The van der Waals surface area contributed by atoms with E-state index in [1.54, 1.807) is 19.2 Å². The molecule has 0 bridgehead atoms. The maximum atomic E-state index is 12.0. The predicted octanol–water partition coefficient (Wildman–Crippen LogP) is 2.26. The lowest BCUT2D eigenvalue weighted by Crippen LogP contribution is -2.32. The molecule has 0 spiro atoms. The molecular weight excluding hydrogens is 374 g/mol. The summed E-state index contributed by atoms with van der Waals surface area (Å²) in [6, 6.07) is 5.80. The fourth-order valence-corrected chi connectivity index (χ4v) is 2.26. The molecule has 1 heterocycles. The van der Waals surface area contributed by atoms with Crippen LogP contribution in [0.1, 0.15) is 5.69 Å². The van der Waals surface area contributed by atoms with E-state index in [1.165, 1.54) is 18.5 Å². The first-order chi connectivity index (χ1) is 13.1. The average Bonchev–Trinajstić information content (AvgIpc) is 2.66. The van der Waals surface area contributed by atoms with E-state index < -0.39 is 6.03 Å². The van der Waals surface area contributed by atoms with Crippen LogP contribution in [-0.2, 0) is 9.47 Å². The van der Waals surface area contributed by atoms with Crippen LogP contribution in [0.3, 0.4) is 0 Å². The topological polar surface area (TPSA) is 124 Å². The lowest BCUT2D eigenvalue weighted by Gasteiger charge is -2.22. The third kappa shape index (κ3) is 5.79. The number of halogens is 1. The first kappa shape index (κ1) is 20.4. The van der Waals surface area contributed by atoms with Gasteiger partial charge in [-0.05, 0) is 18.2 Å². The smallest absolute Gasteiger partial charge is 0.325 e. The number of carbonyl (C=O) groups is 1. The number of nitrogens with zero attached hydrogens (tertiary/aromatic N) is 4. The van der Waals surface area contributed by atoms with Crippen molar-refractivity contribution < 1.29 is 19.0 Å². The molecule has 0 radical (unpaired) electrons. The minimum atomic E-state index is -0.808. The van der Waals surface area contributed by atoms with Crippen LogP contribution in [0.5, 0.6) is 5.75 Å². The van der Waals surface area contributed by atoms with E-state index in [-0.39, 0.29) is 18.1 Å². The summed E-state index contributed by atoms with van der Waals surface area (Å²) < 4.78 is 15.9. The van der Waals surface area contributed by atoms with Gasteiger partial charge < -0.3 is 19.9 Å². The summed E-state index contributed by atoms with van der Waals surface area (Å²) in [5.74, 6) is 0.490. The maximum absolute atomic E-state index is 12.0. The Morgan fingerprint density at radius 3 is 2.67 bits per heavy atom. The van der Waals surface area contributed by atoms with Gasteiger partial charge in [0.15, 0.2) is 11.5 Å². The van der Waals surface area contributed by atoms with Gasteiger partial charge in [0.05, 0.1) is 37.9 Å². The van der Waals surface area contributed by atoms with Crippen molar-refractivity contribution in [3.63, 3.8) is 0 Å². The SMILES string of the molecule is COCCOCCOc1ccc(Cl)cc1N(C(N)=O)c1cnc(C#N)cn1. The molecule has 2 N–H and O–H groups in total. The van der Waals surface area contributed by atoms with Gasteiger partial charge >= 0.3 is 6.03 Å². The molecule has 1 aromatic carbocycles. The van der Waals surface area contributed by atoms with Crippen molar-refractivity contribution >= 4 is 29.1 Å². The molecule has 0 atom stereocenters. The molecule has 27 heavy (non-hydrogen) atoms. The first-order valence-electron chi connectivity index (χ1n) is 7.87. The normalized spacial score (nSPS) is 10.3. The number of methoxy groups -OCH3 is 1. The zero-order valence-electron chi connectivity index (χ0n) is 14.6. The highest BCUT2D eigenvalue weighted by molar-refractivity contribution is 6.31. The number of aromatic nitrogens is 2. The summed E-state index contributed by atoms with van der Waals surface area (Å²) >= 11 is 6.07. The molecule has 142 valence electrons. The quantitative estimate of drug-likeness (QED) is 0.650. The third-order valence-corrected chi connectivity index (χ3v) is 3.52. The average molecular weight is 392 g/mol. The van der Waals surface area contributed by atoms with Gasteiger partial charge in [-0.2, -0.15) is 5.26 Å². The van der Waals surface area contributed by atoms with E-state index in [9.17, 15) is 4.79 Å². The Morgan fingerprint density at radius 2 is 2.04 bits per heavy atom. The molecular formula is C17H18ClN5O4. The van der Waals surface area contributed by atoms with Crippen molar-refractivity contribution in [3.8, 4) is 11.8 Å². The molecule has 2 rings (SSSR count). The summed E-state index contributed by atoms with van der Waals surface area (Å²) in [4.78, 5) is 21.1. The molecule has 0 aliphatic rings. The van der Waals surface area contributed by atoms with E-state index in [0.717, 1.165) is 4.90 Å². The van der Waals surface area contributed by atoms with Gasteiger partial charge in [0.2, 0.25) is 0 Å². The largest absolute Gasteiger partial charge is 0.489 e. The van der Waals surface area contributed by atoms with E-state index >= 15 is 0 Å². The summed E-state index contributed by atoms with van der Waals surface area (Å²) in [5.41, 5.74) is 5.92. The van der Waals surface area contributed by atoms with Crippen LogP contribution in [0, 0.1) is 11.3 Å². The van der Waals surface area contributed by atoms with Crippen LogP contribution in [0.25, 0.3) is 0 Å². The number of hydrogen-bond donors (Lipinski definition) is 1. The molecule has 2 amide bonds. The number of ether oxygens (including phenoxy) is 3. The van der Waals surface area contributed by atoms with Crippen LogP contribution in [0.2, 0.25) is 5.02 Å². The number of hydrogen-bond acceptors (Lipinski definition) is 7. The van der Waals surface area contributed by atoms with Crippen molar-refractivity contribution in [2.45, 2.75) is 0 Å². The summed E-state index contributed by atoms with van der Waals surface area (Å²) in [7, 11) is 1.59. The zero-order valence-corrected chi connectivity index (χ0v) is 15.3. The maximum Gasteiger partial charge on any atom is 0.325 e. The van der Waals surface area contributed by atoms with E-state index in [1.807, 2.05) is 6.07 Å². The predicted molar refractivity (Wildman–Crippen MR) is 98.1 cm³/mol. The lowest BCUT2D eigenvalue weighted by atomic mass is 10.2. The Hall–Kier alpha value is -2.93. The molecule has 10 heteroatoms. The molecule has 0 saturated carbocycles. The Labute approximate surface area is 161 Å². The van der Waals surface area contributed by atoms with E-state index in [2.05, 4.69) is 9.97 Å². The van der Waals surface area contributed by atoms with E-state index in [4.69, 9.17) is 36.8 Å². The van der Waals surface area contributed by atoms with Gasteiger partial charge in [-0.3, -0.25) is 0 Å². The second-order valence-electron chi connectivity index (χ2n) is 5.11. The number of amides is 2. The summed E-state index contributed by atoms with van der Waals surface area (Å²) in [6.07, 6.45) is 2.50. The van der Waals surface area contributed by atoms with Crippen LogP contribution in [0.4, 0.5) is 16.3 Å². The second-order valence-corrected chi connectivity index (χ2v) is 5.55. The molecule has 0 fully saturated rings. The first-order valence-corrected chi connectivity index (χ1v) is 8.25. The number of carbonyl (C=O) groups excluding carboxylic acids is 1. The second kappa shape index (κ2) is 10.3. The summed E-state index contributed by atoms with van der Waals surface area (Å²) in [5, 5.41) is 9.21. The van der Waals surface area contributed by atoms with Gasteiger partial charge in [0.1, 0.15) is 18.4 Å². The third-order valence-electron chi connectivity index (χ3n) is 3.28. The number of primary amides is 1. The molecule has 0 aliphatic carbocycles. The fraction of sp³-hybridized carbons (Fsp3) is 0.294. The standard InChI is InChI=1S/C17H18ClN5O4/c1-25-4-5-26-6-7-27-15-3-2-12(18)8-14(15)23(17(20)24)16-11-21-13(9-19)10-22-16/h2-3,8,10-11H,4-7H2,1H3,(H2,20,24). The number of benzene rings is 1. The van der Waals surface area contributed by atoms with Gasteiger partial charge in [-0.1, -0.05) is 11.6 Å². The Morgan fingerprint density at radius 1 is 1.26 bits per heavy atom. The molecule has 0 aliphatic heterocycles. The minimum Gasteiger partial charge on any atom is -0.489 e. The Balaban J connectivity index is 2.23. The Kier molecular flexibility index (Phi) is 7.76. The summed E-state index contributed by atoms with van der Waals surface area (Å²) in [6.45, 7) is 1.50. The van der Waals surface area contributed by atoms with Crippen molar-refractivity contribution in [3.05, 3.63) is 41.3 Å².